The molecule has 142 valence electrons. The molecule has 0 N–H and O–H groups in total. The molecule has 0 saturated heterocycles. The highest BCUT2D eigenvalue weighted by Gasteiger charge is 2.11. The van der Waals surface area contributed by atoms with Gasteiger partial charge in [0.2, 0.25) is 0 Å². The van der Waals surface area contributed by atoms with Gasteiger partial charge in [-0.3, -0.25) is 4.98 Å². The van der Waals surface area contributed by atoms with Crippen LogP contribution in [-0.4, -0.2) is 22.1 Å². The lowest BCUT2D eigenvalue weighted by atomic mass is 10.2. The molecule has 0 aliphatic heterocycles. The van der Waals surface area contributed by atoms with Crippen molar-refractivity contribution in [2.24, 2.45) is 0 Å². The van der Waals surface area contributed by atoms with Crippen molar-refractivity contribution < 1.29 is 9.47 Å². The molecule has 5 nitrogen and oxygen atoms in total. The monoisotopic (exact) mass is 399 g/mol. The van der Waals surface area contributed by atoms with Crippen molar-refractivity contribution >= 4 is 32.5 Å². The first-order valence-corrected chi connectivity index (χ1v) is 10.0. The minimum atomic E-state index is 0.433. The third kappa shape index (κ3) is 3.39. The summed E-state index contributed by atoms with van der Waals surface area (Å²) in [4.78, 5) is 13.7. The van der Waals surface area contributed by atoms with Gasteiger partial charge in [0.05, 0.1) is 22.8 Å². The number of ether oxygens (including phenoxy) is 2. The van der Waals surface area contributed by atoms with Crippen LogP contribution < -0.4 is 9.47 Å². The molecule has 0 amide bonds. The van der Waals surface area contributed by atoms with Gasteiger partial charge in [-0.1, -0.05) is 24.3 Å². The van der Waals surface area contributed by atoms with E-state index in [4.69, 9.17) is 14.5 Å². The molecule has 5 rings (SSSR count). The van der Waals surface area contributed by atoms with Crippen LogP contribution in [0.1, 0.15) is 5.56 Å². The zero-order valence-electron chi connectivity index (χ0n) is 15.7. The van der Waals surface area contributed by atoms with Crippen LogP contribution in [0.5, 0.6) is 11.5 Å². The quantitative estimate of drug-likeness (QED) is 0.391. The SMILES string of the molecule is COc1cccc(-c2ncc3scc(COc4ccnc5ccccc45)c3n2)c1. The standard InChI is InChI=1S/C23H17N3O2S/c1-27-17-6-4-5-15(11-17)23-25-12-21-22(26-23)16(14-29-21)13-28-20-9-10-24-19-8-3-2-7-18(19)20/h2-12,14H,13H2,1H3. The van der Waals surface area contributed by atoms with E-state index in [1.165, 1.54) is 0 Å². The van der Waals surface area contributed by atoms with Crippen molar-refractivity contribution in [2.75, 3.05) is 7.11 Å². The predicted octanol–water partition coefficient (Wildman–Crippen LogP) is 5.49. The topological polar surface area (TPSA) is 57.1 Å². The van der Waals surface area contributed by atoms with Gasteiger partial charge in [-0.25, -0.2) is 9.97 Å². The zero-order valence-corrected chi connectivity index (χ0v) is 16.5. The molecule has 0 spiro atoms. The molecular weight excluding hydrogens is 382 g/mol. The maximum Gasteiger partial charge on any atom is 0.159 e. The number of nitrogens with zero attached hydrogens (tertiary/aromatic N) is 3. The number of pyridine rings is 1. The van der Waals surface area contributed by atoms with Crippen molar-refractivity contribution in [1.82, 2.24) is 15.0 Å². The number of rotatable bonds is 5. The minimum Gasteiger partial charge on any atom is -0.497 e. The lowest BCUT2D eigenvalue weighted by Gasteiger charge is -2.08. The molecule has 0 bridgehead atoms. The number of hydrogen-bond donors (Lipinski definition) is 0. The molecule has 0 unspecified atom stereocenters. The average Bonchev–Trinajstić information content (AvgIpc) is 3.20. The zero-order chi connectivity index (χ0) is 19.6. The molecule has 0 aliphatic carbocycles. The third-order valence-corrected chi connectivity index (χ3v) is 5.66. The Kier molecular flexibility index (Phi) is 4.54. The van der Waals surface area contributed by atoms with Gasteiger partial charge in [0.1, 0.15) is 18.1 Å². The van der Waals surface area contributed by atoms with Crippen LogP contribution >= 0.6 is 11.3 Å². The molecule has 6 heteroatoms. The van der Waals surface area contributed by atoms with Crippen molar-refractivity contribution in [3.8, 4) is 22.9 Å². The van der Waals surface area contributed by atoms with E-state index in [0.29, 0.717) is 12.4 Å². The van der Waals surface area contributed by atoms with Crippen LogP contribution in [0.4, 0.5) is 0 Å². The van der Waals surface area contributed by atoms with Crippen LogP contribution in [0.25, 0.3) is 32.5 Å². The Labute approximate surface area is 171 Å². The molecular formula is C23H17N3O2S. The number of methoxy groups -OCH3 is 1. The van der Waals surface area contributed by atoms with Crippen molar-refractivity contribution in [3.63, 3.8) is 0 Å². The number of thiophene rings is 1. The summed E-state index contributed by atoms with van der Waals surface area (Å²) in [6.45, 7) is 0.433. The molecule has 0 saturated carbocycles. The van der Waals surface area contributed by atoms with Gasteiger partial charge in [0.15, 0.2) is 5.82 Å². The fourth-order valence-corrected chi connectivity index (χ4v) is 4.08. The van der Waals surface area contributed by atoms with Gasteiger partial charge in [0, 0.05) is 34.3 Å². The summed E-state index contributed by atoms with van der Waals surface area (Å²) in [5.74, 6) is 2.27. The number of hydrogen-bond acceptors (Lipinski definition) is 6. The molecule has 2 aromatic carbocycles. The fraction of sp³-hybridized carbons (Fsp3) is 0.0870. The van der Waals surface area contributed by atoms with Gasteiger partial charge in [-0.15, -0.1) is 11.3 Å². The Morgan fingerprint density at radius 3 is 2.86 bits per heavy atom. The minimum absolute atomic E-state index is 0.433. The van der Waals surface area contributed by atoms with Gasteiger partial charge in [-0.05, 0) is 30.3 Å². The van der Waals surface area contributed by atoms with E-state index in [1.54, 1.807) is 24.6 Å². The van der Waals surface area contributed by atoms with Crippen molar-refractivity contribution in [3.05, 3.63) is 77.9 Å². The summed E-state index contributed by atoms with van der Waals surface area (Å²) < 4.78 is 12.5. The summed E-state index contributed by atoms with van der Waals surface area (Å²) in [5, 5.41) is 3.08. The van der Waals surface area contributed by atoms with E-state index in [0.717, 1.165) is 43.7 Å². The van der Waals surface area contributed by atoms with E-state index in [-0.39, 0.29) is 0 Å². The van der Waals surface area contributed by atoms with Crippen LogP contribution in [0.2, 0.25) is 0 Å². The number of benzene rings is 2. The maximum atomic E-state index is 6.14. The summed E-state index contributed by atoms with van der Waals surface area (Å²) >= 11 is 1.62. The molecule has 0 atom stereocenters. The molecule has 5 aromatic rings. The third-order valence-electron chi connectivity index (χ3n) is 4.71. The Morgan fingerprint density at radius 1 is 1.00 bits per heavy atom. The van der Waals surface area contributed by atoms with Crippen molar-refractivity contribution in [1.29, 1.82) is 0 Å². The molecule has 3 aromatic heterocycles. The molecule has 0 radical (unpaired) electrons. The fourth-order valence-electron chi connectivity index (χ4n) is 3.23. The van der Waals surface area contributed by atoms with Gasteiger partial charge in [0.25, 0.3) is 0 Å². The lowest BCUT2D eigenvalue weighted by molar-refractivity contribution is 0.311. The molecule has 3 heterocycles. The number of aromatic nitrogens is 3. The summed E-state index contributed by atoms with van der Waals surface area (Å²) in [6, 6.07) is 17.6. The highest BCUT2D eigenvalue weighted by Crippen LogP contribution is 2.30. The average molecular weight is 399 g/mol. The molecule has 0 fully saturated rings. The number of fused-ring (bicyclic) bond motifs is 2. The smallest absolute Gasteiger partial charge is 0.159 e. The van der Waals surface area contributed by atoms with Gasteiger partial charge >= 0.3 is 0 Å². The predicted molar refractivity (Wildman–Crippen MR) is 115 cm³/mol. The van der Waals surface area contributed by atoms with E-state index >= 15 is 0 Å². The first-order chi connectivity index (χ1) is 14.3. The second-order valence-corrected chi connectivity index (χ2v) is 7.43. The van der Waals surface area contributed by atoms with Crippen LogP contribution in [0.15, 0.2) is 72.4 Å². The second-order valence-electron chi connectivity index (χ2n) is 6.51. The van der Waals surface area contributed by atoms with Crippen LogP contribution in [0.3, 0.4) is 0 Å². The van der Waals surface area contributed by atoms with Crippen LogP contribution in [0, 0.1) is 0 Å². The largest absolute Gasteiger partial charge is 0.497 e. The Morgan fingerprint density at radius 2 is 1.93 bits per heavy atom. The van der Waals surface area contributed by atoms with Gasteiger partial charge < -0.3 is 9.47 Å². The highest BCUT2D eigenvalue weighted by molar-refractivity contribution is 7.17. The second kappa shape index (κ2) is 7.48. The maximum absolute atomic E-state index is 6.14. The molecule has 29 heavy (non-hydrogen) atoms. The highest BCUT2D eigenvalue weighted by atomic mass is 32.1. The number of para-hydroxylation sites is 1. The van der Waals surface area contributed by atoms with E-state index in [9.17, 15) is 0 Å². The molecule has 0 aliphatic rings. The normalized spacial score (nSPS) is 11.1. The van der Waals surface area contributed by atoms with E-state index in [2.05, 4.69) is 15.3 Å². The van der Waals surface area contributed by atoms with Crippen molar-refractivity contribution in [2.45, 2.75) is 6.61 Å². The summed E-state index contributed by atoms with van der Waals surface area (Å²) in [5.41, 5.74) is 3.80. The van der Waals surface area contributed by atoms with E-state index in [1.807, 2.05) is 60.8 Å². The summed E-state index contributed by atoms with van der Waals surface area (Å²) in [6.07, 6.45) is 3.64. The summed E-state index contributed by atoms with van der Waals surface area (Å²) in [7, 11) is 1.65. The first-order valence-electron chi connectivity index (χ1n) is 9.16. The first kappa shape index (κ1) is 17.6. The Hall–Kier alpha value is -3.51. The van der Waals surface area contributed by atoms with Gasteiger partial charge in [-0.2, -0.15) is 0 Å². The van der Waals surface area contributed by atoms with E-state index < -0.39 is 0 Å². The Bertz CT molecular complexity index is 1310. The lowest BCUT2D eigenvalue weighted by Crippen LogP contribution is -1.97. The Balaban J connectivity index is 1.47. The van der Waals surface area contributed by atoms with Crippen LogP contribution in [-0.2, 0) is 6.61 Å².